The molecule has 0 aliphatic carbocycles. The van der Waals surface area contributed by atoms with Crippen LogP contribution in [0.1, 0.15) is 47.0 Å². The van der Waals surface area contributed by atoms with Crippen molar-refractivity contribution >= 4 is 11.8 Å². The first-order valence-electron chi connectivity index (χ1n) is 12.6. The van der Waals surface area contributed by atoms with Gasteiger partial charge in [-0.05, 0) is 55.7 Å². The van der Waals surface area contributed by atoms with Crippen molar-refractivity contribution in [3.8, 4) is 11.3 Å². The lowest BCUT2D eigenvalue weighted by Gasteiger charge is -2.29. The van der Waals surface area contributed by atoms with Crippen LogP contribution in [0.15, 0.2) is 89.3 Å². The molecule has 7 heteroatoms. The zero-order chi connectivity index (χ0) is 26.0. The summed E-state index contributed by atoms with van der Waals surface area (Å²) in [5, 5.41) is 2.99. The molecular formula is C30H33N3O4. The van der Waals surface area contributed by atoms with Crippen molar-refractivity contribution in [2.75, 3.05) is 19.8 Å². The van der Waals surface area contributed by atoms with Crippen LogP contribution in [0.3, 0.4) is 0 Å². The van der Waals surface area contributed by atoms with Gasteiger partial charge in [-0.25, -0.2) is 0 Å². The fraction of sp³-hybridized carbons (Fsp3) is 0.267. The molecule has 2 N–H and O–H groups in total. The van der Waals surface area contributed by atoms with Crippen LogP contribution in [0.25, 0.3) is 11.3 Å². The molecule has 0 aliphatic rings. The smallest absolute Gasteiger partial charge is 0.271 e. The minimum Gasteiger partial charge on any atom is -0.464 e. The van der Waals surface area contributed by atoms with Crippen LogP contribution >= 0.6 is 0 Å². The molecule has 1 unspecified atom stereocenters. The van der Waals surface area contributed by atoms with Gasteiger partial charge in [-0.2, -0.15) is 0 Å². The molecule has 0 fully saturated rings. The highest BCUT2D eigenvalue weighted by atomic mass is 16.5. The molecule has 2 aromatic carbocycles. The molecule has 2 aromatic heterocycles. The van der Waals surface area contributed by atoms with Crippen molar-refractivity contribution in [1.82, 2.24) is 15.2 Å². The summed E-state index contributed by atoms with van der Waals surface area (Å²) in [5.74, 6) is 0.497. The SMILES string of the molecule is CCOCCCN(C(=O)c1ccc(-c2ccccc2)[nH]1)C(C(=O)NCc1ccccc1)c1ccc(C)o1. The van der Waals surface area contributed by atoms with Crippen molar-refractivity contribution < 1.29 is 18.7 Å². The first kappa shape index (κ1) is 26.0. The number of rotatable bonds is 12. The number of nitrogens with zero attached hydrogens (tertiary/aromatic N) is 1. The molecule has 37 heavy (non-hydrogen) atoms. The van der Waals surface area contributed by atoms with Gasteiger partial charge in [-0.3, -0.25) is 9.59 Å². The average Bonchev–Trinajstić information content (AvgIpc) is 3.59. The van der Waals surface area contributed by atoms with Crippen LogP contribution in [0, 0.1) is 6.92 Å². The molecule has 0 radical (unpaired) electrons. The van der Waals surface area contributed by atoms with E-state index in [-0.39, 0.29) is 11.8 Å². The second-order valence-electron chi connectivity index (χ2n) is 8.76. The summed E-state index contributed by atoms with van der Waals surface area (Å²) in [4.78, 5) is 32.3. The monoisotopic (exact) mass is 499 g/mol. The van der Waals surface area contributed by atoms with Crippen LogP contribution < -0.4 is 5.32 Å². The number of benzene rings is 2. The zero-order valence-corrected chi connectivity index (χ0v) is 21.3. The summed E-state index contributed by atoms with van der Waals surface area (Å²) in [6.07, 6.45) is 0.577. The minimum absolute atomic E-state index is 0.285. The van der Waals surface area contributed by atoms with E-state index in [9.17, 15) is 9.59 Å². The van der Waals surface area contributed by atoms with Crippen LogP contribution in [-0.2, 0) is 16.1 Å². The van der Waals surface area contributed by atoms with Gasteiger partial charge in [0.1, 0.15) is 17.2 Å². The first-order chi connectivity index (χ1) is 18.1. The molecule has 0 spiro atoms. The first-order valence-corrected chi connectivity index (χ1v) is 12.6. The van der Waals surface area contributed by atoms with E-state index < -0.39 is 6.04 Å². The molecule has 0 aliphatic heterocycles. The average molecular weight is 500 g/mol. The Balaban J connectivity index is 1.63. The van der Waals surface area contributed by atoms with E-state index in [1.807, 2.05) is 80.6 Å². The molecule has 0 saturated heterocycles. The number of carbonyl (C=O) groups excluding carboxylic acids is 2. The minimum atomic E-state index is -0.935. The third-order valence-electron chi connectivity index (χ3n) is 6.05. The molecule has 0 saturated carbocycles. The van der Waals surface area contributed by atoms with E-state index in [4.69, 9.17) is 9.15 Å². The number of hydrogen-bond donors (Lipinski definition) is 2. The Morgan fingerprint density at radius 1 is 0.973 bits per heavy atom. The molecule has 4 aromatic rings. The topological polar surface area (TPSA) is 87.6 Å². The number of furan rings is 1. The fourth-order valence-corrected chi connectivity index (χ4v) is 4.20. The van der Waals surface area contributed by atoms with Gasteiger partial charge in [-0.1, -0.05) is 60.7 Å². The molecule has 4 rings (SSSR count). The highest BCUT2D eigenvalue weighted by molar-refractivity contribution is 5.97. The Hall–Kier alpha value is -4.10. The summed E-state index contributed by atoms with van der Waals surface area (Å²) in [6.45, 7) is 5.48. The standard InChI is InChI=1S/C30H33N3O4/c1-3-36-20-10-19-33(30(35)26-17-16-25(32-26)24-13-8-5-9-14-24)28(27-18-15-22(2)37-27)29(34)31-21-23-11-6-4-7-12-23/h4-9,11-18,28,32H,3,10,19-21H2,1-2H3,(H,31,34). The van der Waals surface area contributed by atoms with E-state index in [1.165, 1.54) is 0 Å². The Morgan fingerprint density at radius 3 is 2.38 bits per heavy atom. The van der Waals surface area contributed by atoms with E-state index in [0.29, 0.717) is 49.9 Å². The molecule has 2 heterocycles. The number of amides is 2. The van der Waals surface area contributed by atoms with Gasteiger partial charge in [0.25, 0.3) is 11.8 Å². The maximum Gasteiger partial charge on any atom is 0.271 e. The van der Waals surface area contributed by atoms with Crippen molar-refractivity contribution in [1.29, 1.82) is 0 Å². The number of aromatic amines is 1. The number of carbonyl (C=O) groups is 2. The van der Waals surface area contributed by atoms with Gasteiger partial charge in [0.2, 0.25) is 0 Å². The maximum atomic E-state index is 13.9. The summed E-state index contributed by atoms with van der Waals surface area (Å²) >= 11 is 0. The summed E-state index contributed by atoms with van der Waals surface area (Å²) in [7, 11) is 0. The number of hydrogen-bond acceptors (Lipinski definition) is 4. The van der Waals surface area contributed by atoms with Gasteiger partial charge in [0.05, 0.1) is 0 Å². The predicted octanol–water partition coefficient (Wildman–Crippen LogP) is 5.51. The summed E-state index contributed by atoms with van der Waals surface area (Å²) < 4.78 is 11.4. The van der Waals surface area contributed by atoms with Gasteiger partial charge in [0.15, 0.2) is 6.04 Å². The van der Waals surface area contributed by atoms with Crippen molar-refractivity contribution in [3.63, 3.8) is 0 Å². The van der Waals surface area contributed by atoms with Crippen LogP contribution in [-0.4, -0.2) is 41.5 Å². The number of aryl methyl sites for hydroxylation is 1. The van der Waals surface area contributed by atoms with Crippen molar-refractivity contribution in [3.05, 3.63) is 108 Å². The summed E-state index contributed by atoms with van der Waals surface area (Å²) in [5.41, 5.74) is 3.18. The second kappa shape index (κ2) is 12.7. The van der Waals surface area contributed by atoms with Gasteiger partial charge in [0, 0.05) is 32.0 Å². The van der Waals surface area contributed by atoms with Gasteiger partial charge in [-0.15, -0.1) is 0 Å². The van der Waals surface area contributed by atoms with Crippen molar-refractivity contribution in [2.24, 2.45) is 0 Å². The van der Waals surface area contributed by atoms with Gasteiger partial charge >= 0.3 is 0 Å². The quantitative estimate of drug-likeness (QED) is 0.252. The molecule has 1 atom stereocenters. The van der Waals surface area contributed by atoms with E-state index in [2.05, 4.69) is 10.3 Å². The van der Waals surface area contributed by atoms with E-state index >= 15 is 0 Å². The van der Waals surface area contributed by atoms with Crippen LogP contribution in [0.5, 0.6) is 0 Å². The Kier molecular flexibility index (Phi) is 8.94. The summed E-state index contributed by atoms with van der Waals surface area (Å²) in [6, 6.07) is 25.7. The number of nitrogens with one attached hydrogen (secondary N) is 2. The maximum absolute atomic E-state index is 13.9. The molecule has 0 bridgehead atoms. The zero-order valence-electron chi connectivity index (χ0n) is 21.3. The van der Waals surface area contributed by atoms with Crippen molar-refractivity contribution in [2.45, 2.75) is 32.9 Å². The highest BCUT2D eigenvalue weighted by Crippen LogP contribution is 2.27. The normalized spacial score (nSPS) is 11.7. The van der Waals surface area contributed by atoms with E-state index in [1.54, 1.807) is 23.1 Å². The van der Waals surface area contributed by atoms with E-state index in [0.717, 1.165) is 16.8 Å². The lowest BCUT2D eigenvalue weighted by Crippen LogP contribution is -2.44. The molecule has 192 valence electrons. The fourth-order valence-electron chi connectivity index (χ4n) is 4.20. The predicted molar refractivity (Wildman–Crippen MR) is 143 cm³/mol. The number of H-pyrrole nitrogens is 1. The second-order valence-corrected chi connectivity index (χ2v) is 8.76. The number of ether oxygens (including phenoxy) is 1. The molecule has 7 nitrogen and oxygen atoms in total. The molecule has 2 amide bonds. The van der Waals surface area contributed by atoms with Crippen LogP contribution in [0.2, 0.25) is 0 Å². The Morgan fingerprint density at radius 2 is 1.70 bits per heavy atom. The Labute approximate surface area is 217 Å². The lowest BCUT2D eigenvalue weighted by atomic mass is 10.1. The largest absolute Gasteiger partial charge is 0.464 e. The van der Waals surface area contributed by atoms with Gasteiger partial charge < -0.3 is 24.4 Å². The third-order valence-corrected chi connectivity index (χ3v) is 6.05. The Bertz CT molecular complexity index is 1280. The molecular weight excluding hydrogens is 466 g/mol. The third kappa shape index (κ3) is 6.77. The number of aromatic nitrogens is 1. The highest BCUT2D eigenvalue weighted by Gasteiger charge is 2.34. The van der Waals surface area contributed by atoms with Crippen LogP contribution in [0.4, 0.5) is 0 Å². The lowest BCUT2D eigenvalue weighted by molar-refractivity contribution is -0.126.